The Hall–Kier alpha value is -3.36. The maximum atomic E-state index is 12.9. The van der Waals surface area contributed by atoms with E-state index in [2.05, 4.69) is 14.8 Å². The first kappa shape index (κ1) is 20.9. The summed E-state index contributed by atoms with van der Waals surface area (Å²) < 4.78 is 47.9. The fourth-order valence-corrected chi connectivity index (χ4v) is 2.25. The van der Waals surface area contributed by atoms with Crippen LogP contribution in [0.15, 0.2) is 48.5 Å². The standard InChI is InChI=1S/C19H16F3NO5/c1-27-17(25)13-8-6-12(7-9-13)10-23-16(24)11-28-18(26)14-4-2-3-5-15(14)19(20,21)22/h2-9H,10-11H2,1H3,(H,23,24). The molecule has 0 saturated heterocycles. The number of halogens is 3. The van der Waals surface area contributed by atoms with Crippen LogP contribution in [0.3, 0.4) is 0 Å². The molecule has 0 aliphatic carbocycles. The molecule has 0 unspecified atom stereocenters. The summed E-state index contributed by atoms with van der Waals surface area (Å²) >= 11 is 0. The van der Waals surface area contributed by atoms with Crippen molar-refractivity contribution in [3.05, 3.63) is 70.8 Å². The Morgan fingerprint density at radius 2 is 1.61 bits per heavy atom. The third-order valence-electron chi connectivity index (χ3n) is 3.65. The van der Waals surface area contributed by atoms with Crippen LogP contribution in [-0.4, -0.2) is 31.6 Å². The summed E-state index contributed by atoms with van der Waals surface area (Å²) in [5.74, 6) is -2.43. The van der Waals surface area contributed by atoms with Gasteiger partial charge in [0.2, 0.25) is 0 Å². The first-order valence-electron chi connectivity index (χ1n) is 7.99. The lowest BCUT2D eigenvalue weighted by molar-refractivity contribution is -0.138. The van der Waals surface area contributed by atoms with Gasteiger partial charge in [0.15, 0.2) is 6.61 Å². The van der Waals surface area contributed by atoms with Crippen molar-refractivity contribution in [1.82, 2.24) is 5.32 Å². The van der Waals surface area contributed by atoms with E-state index in [1.54, 1.807) is 12.1 Å². The van der Waals surface area contributed by atoms with Crippen molar-refractivity contribution in [2.45, 2.75) is 12.7 Å². The molecule has 0 aliphatic rings. The van der Waals surface area contributed by atoms with E-state index in [1.807, 2.05) is 0 Å². The zero-order chi connectivity index (χ0) is 20.7. The van der Waals surface area contributed by atoms with Gasteiger partial charge in [0, 0.05) is 6.54 Å². The second-order valence-electron chi connectivity index (χ2n) is 5.58. The Balaban J connectivity index is 1.88. The number of ether oxygens (including phenoxy) is 2. The molecule has 2 aromatic rings. The molecule has 0 spiro atoms. The molecule has 0 radical (unpaired) electrons. The van der Waals surface area contributed by atoms with Crippen molar-refractivity contribution in [1.29, 1.82) is 0 Å². The van der Waals surface area contributed by atoms with Gasteiger partial charge in [-0.3, -0.25) is 4.79 Å². The molecule has 0 bridgehead atoms. The molecule has 0 heterocycles. The van der Waals surface area contributed by atoms with E-state index in [0.717, 1.165) is 18.2 Å². The van der Waals surface area contributed by atoms with Crippen molar-refractivity contribution in [3.8, 4) is 0 Å². The van der Waals surface area contributed by atoms with Crippen LogP contribution in [0, 0.1) is 0 Å². The molecule has 1 amide bonds. The summed E-state index contributed by atoms with van der Waals surface area (Å²) in [5.41, 5.74) is -0.795. The minimum Gasteiger partial charge on any atom is -0.465 e. The molecule has 2 rings (SSSR count). The molecule has 0 aromatic heterocycles. The quantitative estimate of drug-likeness (QED) is 0.761. The molecule has 0 fully saturated rings. The van der Waals surface area contributed by atoms with Gasteiger partial charge < -0.3 is 14.8 Å². The summed E-state index contributed by atoms with van der Waals surface area (Å²) in [7, 11) is 1.25. The van der Waals surface area contributed by atoms with Gasteiger partial charge in [0.1, 0.15) is 0 Å². The molecule has 148 valence electrons. The first-order chi connectivity index (χ1) is 13.2. The Kier molecular flexibility index (Phi) is 6.75. The molecule has 2 aromatic carbocycles. The van der Waals surface area contributed by atoms with Crippen molar-refractivity contribution in [3.63, 3.8) is 0 Å². The Labute approximate surface area is 158 Å². The minimum atomic E-state index is -4.71. The van der Waals surface area contributed by atoms with Crippen LogP contribution in [0.2, 0.25) is 0 Å². The zero-order valence-corrected chi connectivity index (χ0v) is 14.7. The van der Waals surface area contributed by atoms with E-state index in [9.17, 15) is 27.6 Å². The van der Waals surface area contributed by atoms with Crippen molar-refractivity contribution < 1.29 is 37.0 Å². The zero-order valence-electron chi connectivity index (χ0n) is 14.7. The third-order valence-corrected chi connectivity index (χ3v) is 3.65. The summed E-state index contributed by atoms with van der Waals surface area (Å²) in [4.78, 5) is 35.0. The molecule has 9 heteroatoms. The maximum Gasteiger partial charge on any atom is 0.417 e. The average Bonchev–Trinajstić information content (AvgIpc) is 2.69. The second-order valence-corrected chi connectivity index (χ2v) is 5.58. The summed E-state index contributed by atoms with van der Waals surface area (Å²) in [5, 5.41) is 2.46. The van der Waals surface area contributed by atoms with E-state index in [1.165, 1.54) is 25.3 Å². The first-order valence-corrected chi connectivity index (χ1v) is 7.99. The SMILES string of the molecule is COC(=O)c1ccc(CNC(=O)COC(=O)c2ccccc2C(F)(F)F)cc1. The molecule has 28 heavy (non-hydrogen) atoms. The Morgan fingerprint density at radius 1 is 0.964 bits per heavy atom. The van der Waals surface area contributed by atoms with Gasteiger partial charge in [0.25, 0.3) is 5.91 Å². The normalized spacial score (nSPS) is 10.9. The fourth-order valence-electron chi connectivity index (χ4n) is 2.25. The van der Waals surface area contributed by atoms with Gasteiger partial charge in [-0.05, 0) is 29.8 Å². The number of nitrogens with one attached hydrogen (secondary N) is 1. The number of rotatable bonds is 6. The second kappa shape index (κ2) is 9.03. The van der Waals surface area contributed by atoms with E-state index < -0.39 is 41.8 Å². The van der Waals surface area contributed by atoms with Gasteiger partial charge >= 0.3 is 18.1 Å². The number of carbonyl (C=O) groups is 3. The number of esters is 2. The van der Waals surface area contributed by atoms with Crippen molar-refractivity contribution >= 4 is 17.8 Å². The Morgan fingerprint density at radius 3 is 2.21 bits per heavy atom. The van der Waals surface area contributed by atoms with Crippen LogP contribution in [0.5, 0.6) is 0 Å². The number of methoxy groups -OCH3 is 1. The highest BCUT2D eigenvalue weighted by Gasteiger charge is 2.35. The van der Waals surface area contributed by atoms with Crippen molar-refractivity contribution in [2.75, 3.05) is 13.7 Å². The van der Waals surface area contributed by atoms with Crippen LogP contribution >= 0.6 is 0 Å². The summed E-state index contributed by atoms with van der Waals surface area (Å²) in [6.07, 6.45) is -4.71. The number of benzene rings is 2. The predicted molar refractivity (Wildman–Crippen MR) is 91.4 cm³/mol. The lowest BCUT2D eigenvalue weighted by atomic mass is 10.1. The molecule has 0 saturated carbocycles. The molecule has 6 nitrogen and oxygen atoms in total. The monoisotopic (exact) mass is 395 g/mol. The molecule has 0 atom stereocenters. The molecular formula is C19H16F3NO5. The highest BCUT2D eigenvalue weighted by molar-refractivity contribution is 5.93. The summed E-state index contributed by atoms with van der Waals surface area (Å²) in [6, 6.07) is 10.4. The molecular weight excluding hydrogens is 379 g/mol. The van der Waals surface area contributed by atoms with Gasteiger partial charge in [-0.25, -0.2) is 9.59 Å². The third kappa shape index (κ3) is 5.57. The smallest absolute Gasteiger partial charge is 0.417 e. The molecule has 0 aliphatic heterocycles. The minimum absolute atomic E-state index is 0.0803. The van der Waals surface area contributed by atoms with Crippen LogP contribution < -0.4 is 5.32 Å². The number of amides is 1. The highest BCUT2D eigenvalue weighted by atomic mass is 19.4. The van der Waals surface area contributed by atoms with Crippen molar-refractivity contribution in [2.24, 2.45) is 0 Å². The number of alkyl halides is 3. The van der Waals surface area contributed by atoms with Crippen LogP contribution in [0.4, 0.5) is 13.2 Å². The van der Waals surface area contributed by atoms with Gasteiger partial charge in [0.05, 0.1) is 23.8 Å². The lowest BCUT2D eigenvalue weighted by Crippen LogP contribution is -2.28. The fraction of sp³-hybridized carbons (Fsp3) is 0.211. The van der Waals surface area contributed by atoms with Crippen LogP contribution in [0.25, 0.3) is 0 Å². The largest absolute Gasteiger partial charge is 0.465 e. The summed E-state index contributed by atoms with van der Waals surface area (Å²) in [6.45, 7) is -0.651. The highest BCUT2D eigenvalue weighted by Crippen LogP contribution is 2.32. The van der Waals surface area contributed by atoms with Gasteiger partial charge in [-0.2, -0.15) is 13.2 Å². The van der Waals surface area contributed by atoms with E-state index in [4.69, 9.17) is 0 Å². The molecule has 1 N–H and O–H groups in total. The van der Waals surface area contributed by atoms with Gasteiger partial charge in [-0.1, -0.05) is 24.3 Å². The maximum absolute atomic E-state index is 12.9. The number of carbonyl (C=O) groups excluding carboxylic acids is 3. The van der Waals surface area contributed by atoms with Gasteiger partial charge in [-0.15, -0.1) is 0 Å². The van der Waals surface area contributed by atoms with E-state index in [0.29, 0.717) is 11.1 Å². The van der Waals surface area contributed by atoms with E-state index in [-0.39, 0.29) is 6.54 Å². The number of hydrogen-bond acceptors (Lipinski definition) is 5. The van der Waals surface area contributed by atoms with Crippen LogP contribution in [-0.2, 0) is 27.0 Å². The average molecular weight is 395 g/mol. The lowest BCUT2D eigenvalue weighted by Gasteiger charge is -2.12. The number of hydrogen-bond donors (Lipinski definition) is 1. The topological polar surface area (TPSA) is 81.7 Å². The Bertz CT molecular complexity index is 863. The predicted octanol–water partition coefficient (Wildman–Crippen LogP) is 2.97. The van der Waals surface area contributed by atoms with E-state index >= 15 is 0 Å². The van der Waals surface area contributed by atoms with Crippen LogP contribution in [0.1, 0.15) is 31.8 Å².